The second-order valence-corrected chi connectivity index (χ2v) is 8.27. The van der Waals surface area contributed by atoms with Crippen LogP contribution in [0.25, 0.3) is 22.8 Å². The average Bonchev–Trinajstić information content (AvgIpc) is 3.34. The van der Waals surface area contributed by atoms with Gasteiger partial charge in [0.1, 0.15) is 5.82 Å². The van der Waals surface area contributed by atoms with Crippen LogP contribution in [0.15, 0.2) is 47.1 Å². The van der Waals surface area contributed by atoms with Crippen molar-refractivity contribution < 1.29 is 14.1 Å². The third-order valence-electron chi connectivity index (χ3n) is 5.85. The number of aryl methyl sites for hydroxylation is 1. The van der Waals surface area contributed by atoms with Crippen molar-refractivity contribution in [1.82, 2.24) is 20.4 Å². The molecule has 0 bridgehead atoms. The van der Waals surface area contributed by atoms with Crippen molar-refractivity contribution in [2.45, 2.75) is 33.1 Å². The van der Waals surface area contributed by atoms with Crippen molar-refractivity contribution in [3.05, 3.63) is 48.2 Å². The van der Waals surface area contributed by atoms with Crippen molar-refractivity contribution in [2.24, 2.45) is 5.92 Å². The van der Waals surface area contributed by atoms with Crippen LogP contribution in [0.2, 0.25) is 0 Å². The predicted molar refractivity (Wildman–Crippen MR) is 127 cm³/mol. The summed E-state index contributed by atoms with van der Waals surface area (Å²) >= 11 is 0. The van der Waals surface area contributed by atoms with E-state index in [1.54, 1.807) is 6.20 Å². The first-order chi connectivity index (χ1) is 16.2. The Morgan fingerprint density at radius 3 is 2.88 bits per heavy atom. The van der Waals surface area contributed by atoms with Crippen LogP contribution >= 0.6 is 0 Å². The van der Waals surface area contributed by atoms with Gasteiger partial charge in [0.05, 0.1) is 5.56 Å². The predicted octanol–water partition coefficient (Wildman–Crippen LogP) is 3.87. The molecule has 1 aromatic carbocycles. The lowest BCUT2D eigenvalue weighted by Gasteiger charge is -2.32. The molecule has 3 heterocycles. The number of piperidine rings is 1. The second kappa shape index (κ2) is 11.0. The topological polar surface area (TPSA) is 93.4 Å². The minimum atomic E-state index is 0.0248. The highest BCUT2D eigenvalue weighted by atomic mass is 16.5. The Morgan fingerprint density at radius 2 is 2.09 bits per heavy atom. The standard InChI is InChI=1S/C25H31N5O3/c1-3-32-16-6-13-27-24(31)19-10-14-30(15-11-19)23-21(9-5-12-26-23)25-28-22(29-33-25)20-8-4-7-18(2)17-20/h4-5,7-9,12,17,19H,3,6,10-11,13-16H2,1-2H3,(H,27,31). The molecule has 1 fully saturated rings. The van der Waals surface area contributed by atoms with E-state index in [9.17, 15) is 4.79 Å². The third kappa shape index (κ3) is 5.76. The molecule has 0 atom stereocenters. The molecule has 0 unspecified atom stereocenters. The van der Waals surface area contributed by atoms with Crippen LogP contribution in [-0.4, -0.2) is 53.9 Å². The van der Waals surface area contributed by atoms with E-state index >= 15 is 0 Å². The van der Waals surface area contributed by atoms with Crippen LogP contribution in [0.4, 0.5) is 5.82 Å². The molecular formula is C25H31N5O3. The highest BCUT2D eigenvalue weighted by molar-refractivity contribution is 5.79. The van der Waals surface area contributed by atoms with E-state index in [0.29, 0.717) is 31.5 Å². The van der Waals surface area contributed by atoms with Crippen LogP contribution in [0.3, 0.4) is 0 Å². The van der Waals surface area contributed by atoms with Gasteiger partial charge in [-0.15, -0.1) is 0 Å². The molecule has 1 amide bonds. The van der Waals surface area contributed by atoms with Crippen molar-refractivity contribution in [3.8, 4) is 22.8 Å². The van der Waals surface area contributed by atoms with Crippen LogP contribution in [0, 0.1) is 12.8 Å². The normalized spacial score (nSPS) is 14.4. The summed E-state index contributed by atoms with van der Waals surface area (Å²) in [4.78, 5) is 23.9. The summed E-state index contributed by atoms with van der Waals surface area (Å²) in [6.45, 7) is 7.55. The zero-order valence-corrected chi connectivity index (χ0v) is 19.3. The monoisotopic (exact) mass is 449 g/mol. The van der Waals surface area contributed by atoms with E-state index < -0.39 is 0 Å². The minimum Gasteiger partial charge on any atom is -0.382 e. The maximum Gasteiger partial charge on any atom is 0.261 e. The molecule has 1 aliphatic rings. The zero-order chi connectivity index (χ0) is 23.0. The fraction of sp³-hybridized carbons (Fsp3) is 0.440. The Kier molecular flexibility index (Phi) is 7.67. The molecular weight excluding hydrogens is 418 g/mol. The van der Waals surface area contributed by atoms with Gasteiger partial charge in [-0.1, -0.05) is 28.9 Å². The van der Waals surface area contributed by atoms with Crippen molar-refractivity contribution >= 4 is 11.7 Å². The van der Waals surface area contributed by atoms with Crippen LogP contribution in [0.1, 0.15) is 31.7 Å². The van der Waals surface area contributed by atoms with Gasteiger partial charge in [0.15, 0.2) is 0 Å². The first-order valence-corrected chi connectivity index (χ1v) is 11.6. The third-order valence-corrected chi connectivity index (χ3v) is 5.85. The smallest absolute Gasteiger partial charge is 0.261 e. The molecule has 0 radical (unpaired) electrons. The molecule has 0 saturated carbocycles. The van der Waals surface area contributed by atoms with Gasteiger partial charge >= 0.3 is 0 Å². The van der Waals surface area contributed by atoms with Crippen LogP contribution < -0.4 is 10.2 Å². The highest BCUT2D eigenvalue weighted by Crippen LogP contribution is 2.32. The molecule has 4 rings (SSSR count). The van der Waals surface area contributed by atoms with Crippen molar-refractivity contribution in [3.63, 3.8) is 0 Å². The second-order valence-electron chi connectivity index (χ2n) is 8.27. The van der Waals surface area contributed by atoms with Gasteiger partial charge in [-0.3, -0.25) is 4.79 Å². The Hall–Kier alpha value is -3.26. The SMILES string of the molecule is CCOCCCNC(=O)C1CCN(c2ncccc2-c2nc(-c3cccc(C)c3)no2)CC1. The number of pyridine rings is 1. The number of anilines is 1. The molecule has 8 nitrogen and oxygen atoms in total. The largest absolute Gasteiger partial charge is 0.382 e. The van der Waals surface area contributed by atoms with Crippen molar-refractivity contribution in [2.75, 3.05) is 37.7 Å². The molecule has 8 heteroatoms. The van der Waals surface area contributed by atoms with Gasteiger partial charge in [0, 0.05) is 50.5 Å². The number of carbonyl (C=O) groups is 1. The summed E-state index contributed by atoms with van der Waals surface area (Å²) in [5.41, 5.74) is 2.87. The van der Waals surface area contributed by atoms with E-state index in [1.165, 1.54) is 0 Å². The molecule has 2 aromatic heterocycles. The average molecular weight is 450 g/mol. The van der Waals surface area contributed by atoms with E-state index in [2.05, 4.69) is 25.3 Å². The molecule has 33 heavy (non-hydrogen) atoms. The summed E-state index contributed by atoms with van der Waals surface area (Å²) in [6.07, 6.45) is 4.18. The van der Waals surface area contributed by atoms with E-state index in [1.807, 2.05) is 50.2 Å². The first kappa shape index (κ1) is 22.9. The fourth-order valence-corrected chi connectivity index (χ4v) is 4.08. The number of aromatic nitrogens is 3. The molecule has 174 valence electrons. The van der Waals surface area contributed by atoms with Crippen molar-refractivity contribution in [1.29, 1.82) is 0 Å². The molecule has 1 N–H and O–H groups in total. The van der Waals surface area contributed by atoms with E-state index in [4.69, 9.17) is 9.26 Å². The Bertz CT molecular complexity index is 1060. The molecule has 3 aromatic rings. The zero-order valence-electron chi connectivity index (χ0n) is 19.3. The molecule has 0 spiro atoms. The quantitative estimate of drug-likeness (QED) is 0.496. The van der Waals surface area contributed by atoms with Gasteiger partial charge < -0.3 is 19.5 Å². The number of hydrogen-bond donors (Lipinski definition) is 1. The molecule has 0 aliphatic carbocycles. The lowest BCUT2D eigenvalue weighted by atomic mass is 9.95. The summed E-state index contributed by atoms with van der Waals surface area (Å²) in [7, 11) is 0. The van der Waals surface area contributed by atoms with Gasteiger partial charge in [0.2, 0.25) is 11.7 Å². The highest BCUT2D eigenvalue weighted by Gasteiger charge is 2.27. The number of amides is 1. The van der Waals surface area contributed by atoms with E-state index in [-0.39, 0.29) is 11.8 Å². The maximum absolute atomic E-state index is 12.5. The Morgan fingerprint density at radius 1 is 1.24 bits per heavy atom. The van der Waals surface area contributed by atoms with Crippen LogP contribution in [-0.2, 0) is 9.53 Å². The summed E-state index contributed by atoms with van der Waals surface area (Å²) in [6, 6.07) is 11.8. The van der Waals surface area contributed by atoms with Crippen LogP contribution in [0.5, 0.6) is 0 Å². The number of ether oxygens (including phenoxy) is 1. The van der Waals surface area contributed by atoms with Gasteiger partial charge in [-0.2, -0.15) is 4.98 Å². The number of rotatable bonds is 9. The van der Waals surface area contributed by atoms with Gasteiger partial charge in [-0.05, 0) is 51.3 Å². The fourth-order valence-electron chi connectivity index (χ4n) is 4.08. The Labute approximate surface area is 194 Å². The maximum atomic E-state index is 12.5. The Balaban J connectivity index is 1.39. The minimum absolute atomic E-state index is 0.0248. The number of nitrogens with one attached hydrogen (secondary N) is 1. The first-order valence-electron chi connectivity index (χ1n) is 11.6. The summed E-state index contributed by atoms with van der Waals surface area (Å²) in [5, 5.41) is 7.22. The molecule has 1 aliphatic heterocycles. The van der Waals surface area contributed by atoms with E-state index in [0.717, 1.165) is 54.9 Å². The number of hydrogen-bond acceptors (Lipinski definition) is 7. The number of benzene rings is 1. The molecule has 1 saturated heterocycles. The van der Waals surface area contributed by atoms with Gasteiger partial charge in [-0.25, -0.2) is 4.98 Å². The summed E-state index contributed by atoms with van der Waals surface area (Å²) < 4.78 is 10.9. The number of carbonyl (C=O) groups excluding carboxylic acids is 1. The lowest BCUT2D eigenvalue weighted by molar-refractivity contribution is -0.125. The summed E-state index contributed by atoms with van der Waals surface area (Å²) in [5.74, 6) is 1.98. The number of nitrogens with zero attached hydrogens (tertiary/aromatic N) is 4. The lowest BCUT2D eigenvalue weighted by Crippen LogP contribution is -2.41. The van der Waals surface area contributed by atoms with Gasteiger partial charge in [0.25, 0.3) is 5.89 Å².